The third kappa shape index (κ3) is 10.2. The van der Waals surface area contributed by atoms with Gasteiger partial charge in [-0.15, -0.1) is 0 Å². The van der Waals surface area contributed by atoms with Crippen LogP contribution in [-0.4, -0.2) is 48.7 Å². The van der Waals surface area contributed by atoms with Crippen LogP contribution in [0.15, 0.2) is 0 Å². The number of hydrogen-bond acceptors (Lipinski definition) is 2. The summed E-state index contributed by atoms with van der Waals surface area (Å²) in [6.45, 7) is 0. The summed E-state index contributed by atoms with van der Waals surface area (Å²) >= 11 is -2.42. The molecule has 0 aromatic carbocycles. The monoisotopic (exact) mass is 361 g/mol. The van der Waals surface area contributed by atoms with Crippen LogP contribution in [-0.2, 0) is 5.37 Å². The molecule has 0 bridgehead atoms. The molecular weight excluding hydrogens is 361 g/mol. The minimum Gasteiger partial charge on any atom is 0 e. The Morgan fingerprint density at radius 2 is 1.25 bits per heavy atom. The zero-order valence-electron chi connectivity index (χ0n) is 1.76. The van der Waals surface area contributed by atoms with Crippen molar-refractivity contribution in [3.63, 3.8) is 0 Å². The van der Waals surface area contributed by atoms with E-state index in [1.165, 1.54) is 0 Å². The molecule has 0 N–H and O–H groups in total. The van der Waals surface area contributed by atoms with Crippen molar-refractivity contribution < 1.29 is 5.37 Å². The largest absolute Gasteiger partial charge is 0 e. The fraction of sp³-hybridized carbons (Fsp3) is 0. The molecule has 0 aliphatic carbocycles. The van der Waals surface area contributed by atoms with Crippen LogP contribution in [0.1, 0.15) is 0 Å². The van der Waals surface area contributed by atoms with Crippen molar-refractivity contribution in [2.75, 3.05) is 0 Å². The van der Waals surface area contributed by atoms with E-state index in [-0.39, 0.29) is 24.4 Å². The zero-order chi connectivity index (χ0) is 2.71. The van der Waals surface area contributed by atoms with Crippen LogP contribution in [0, 0.1) is 0 Å². The zero-order valence-corrected chi connectivity index (χ0v) is 8.20. The third-order valence-corrected chi connectivity index (χ3v) is 0. The molecule has 0 aromatic rings. The Bertz CT molecular complexity index is 27.0. The van der Waals surface area contributed by atoms with Crippen molar-refractivity contribution in [3.05, 3.63) is 0 Å². The molecule has 0 atom stereocenters. The second kappa shape index (κ2) is 8.84. The van der Waals surface area contributed by atoms with E-state index in [2.05, 4.69) is 0 Å². The Morgan fingerprint density at radius 3 is 1.25 bits per heavy atom. The maximum atomic E-state index is 8.57. The summed E-state index contributed by atoms with van der Waals surface area (Å²) in [6.07, 6.45) is 0. The van der Waals surface area contributed by atoms with Gasteiger partial charge in [0.1, 0.15) is 0 Å². The van der Waals surface area contributed by atoms with Gasteiger partial charge in [-0.1, -0.05) is 0 Å². The molecule has 0 rings (SSSR count). The maximum Gasteiger partial charge on any atom is 0 e. The predicted molar refractivity (Wildman–Crippen MR) is 12.9 cm³/mol. The molecule has 0 aliphatic rings. The second-order valence-electron chi connectivity index (χ2n) is 0.0833. The van der Waals surface area contributed by atoms with Gasteiger partial charge in [0.15, 0.2) is 0 Å². The molecule has 0 heterocycles. The third-order valence-electron chi connectivity index (χ3n) is 0. The van der Waals surface area contributed by atoms with Gasteiger partial charge in [-0.3, -0.25) is 0 Å². The van der Waals surface area contributed by atoms with Gasteiger partial charge >= 0.3 is 29.6 Å². The molecular formula is O2PbSb. The molecule has 0 amide bonds. The van der Waals surface area contributed by atoms with Gasteiger partial charge in [0.25, 0.3) is 0 Å². The van der Waals surface area contributed by atoms with Crippen molar-refractivity contribution in [3.8, 4) is 0 Å². The van der Waals surface area contributed by atoms with Gasteiger partial charge in [0, 0.05) is 24.4 Å². The van der Waals surface area contributed by atoms with E-state index in [4.69, 9.17) is 5.37 Å². The van der Waals surface area contributed by atoms with Crippen LogP contribution in [0.5, 0.6) is 0 Å². The van der Waals surface area contributed by atoms with Crippen LogP contribution >= 0.6 is 0 Å². The van der Waals surface area contributed by atoms with Crippen molar-refractivity contribution >= 4 is 48.7 Å². The summed E-state index contributed by atoms with van der Waals surface area (Å²) < 4.78 is 17.1. The summed E-state index contributed by atoms with van der Waals surface area (Å²) in [6, 6.07) is 0. The van der Waals surface area contributed by atoms with E-state index in [0.717, 1.165) is 0 Å². The summed E-state index contributed by atoms with van der Waals surface area (Å²) in [5.74, 6) is 0. The standard InChI is InChI=1S/2O.Pb.Sb. The molecule has 0 saturated carbocycles. The topological polar surface area (TPSA) is 34.1 Å². The van der Waals surface area contributed by atoms with Gasteiger partial charge in [-0.05, 0) is 0 Å². The first-order chi connectivity index (χ1) is 1.41. The normalized spacial score (nSPS) is 2.00. The maximum absolute atomic E-state index is 8.57. The summed E-state index contributed by atoms with van der Waals surface area (Å²) in [5, 5.41) is 0. The smallest absolute Gasteiger partial charge is 0 e. The van der Waals surface area contributed by atoms with E-state index >= 15 is 0 Å². The molecule has 0 unspecified atom stereocenters. The fourth-order valence-electron chi connectivity index (χ4n) is 0. The summed E-state index contributed by atoms with van der Waals surface area (Å²) in [4.78, 5) is 0. The van der Waals surface area contributed by atoms with Gasteiger partial charge in [-0.2, -0.15) is 0 Å². The Kier molecular flexibility index (Phi) is 19.9. The summed E-state index contributed by atoms with van der Waals surface area (Å²) in [5.41, 5.74) is 0. The van der Waals surface area contributed by atoms with E-state index in [0.29, 0.717) is 0 Å². The van der Waals surface area contributed by atoms with Crippen LogP contribution in [0.3, 0.4) is 0 Å². The Balaban J connectivity index is 0. The van der Waals surface area contributed by atoms with Gasteiger partial charge in [-0.25, -0.2) is 0 Å². The first-order valence-electron chi connectivity index (χ1n) is 0.408. The molecule has 4 heteroatoms. The quantitative estimate of drug-likeness (QED) is 0.519. The van der Waals surface area contributed by atoms with Crippen LogP contribution < -0.4 is 0 Å². The molecule has 0 aromatic heterocycles. The number of rotatable bonds is 0. The van der Waals surface area contributed by atoms with Crippen molar-refractivity contribution in [2.24, 2.45) is 0 Å². The minimum atomic E-state index is -2.42. The molecule has 3 radical (unpaired) electrons. The summed E-state index contributed by atoms with van der Waals surface area (Å²) in [7, 11) is 0. The molecule has 0 saturated heterocycles. The molecule has 0 aliphatic heterocycles. The average molecular weight is 361 g/mol. The predicted octanol–water partition coefficient (Wildman–Crippen LogP) is -0.999. The molecule has 4 heavy (non-hydrogen) atoms. The number of hydrogen-bond donors (Lipinski definition) is 0. The molecule has 0 spiro atoms. The Hall–Kier alpha value is 1.34. The van der Waals surface area contributed by atoms with Crippen molar-refractivity contribution in [1.82, 2.24) is 0 Å². The Morgan fingerprint density at radius 1 is 1.25 bits per heavy atom. The van der Waals surface area contributed by atoms with Crippen molar-refractivity contribution in [1.29, 1.82) is 0 Å². The SMILES string of the molecule is [O]=[Pb]=[O].[Sb]. The van der Waals surface area contributed by atoms with Crippen molar-refractivity contribution in [2.45, 2.75) is 0 Å². The van der Waals surface area contributed by atoms with Gasteiger partial charge in [0.2, 0.25) is 0 Å². The van der Waals surface area contributed by atoms with Crippen LogP contribution in [0.2, 0.25) is 0 Å². The van der Waals surface area contributed by atoms with Gasteiger partial charge < -0.3 is 0 Å². The van der Waals surface area contributed by atoms with E-state index < -0.39 is 24.3 Å². The molecule has 2 nitrogen and oxygen atoms in total. The average Bonchev–Trinajstić information content (AvgIpc) is 0.918. The van der Waals surface area contributed by atoms with E-state index in [1.54, 1.807) is 0 Å². The second-order valence-corrected chi connectivity index (χ2v) is 0.731. The van der Waals surface area contributed by atoms with E-state index in [1.807, 2.05) is 0 Å². The Labute approximate surface area is 53.6 Å². The van der Waals surface area contributed by atoms with Crippen LogP contribution in [0.4, 0.5) is 0 Å². The van der Waals surface area contributed by atoms with E-state index in [9.17, 15) is 0 Å². The molecule has 21 valence electrons. The molecule has 0 fully saturated rings. The first kappa shape index (κ1) is 9.02. The minimum absolute atomic E-state index is 0. The van der Waals surface area contributed by atoms with Gasteiger partial charge in [0.05, 0.1) is 0 Å². The van der Waals surface area contributed by atoms with Crippen LogP contribution in [0.25, 0.3) is 0 Å². The fourth-order valence-corrected chi connectivity index (χ4v) is 0. The first-order valence-corrected chi connectivity index (χ1v) is 3.58.